The molecule has 0 spiro atoms. The average molecular weight is 330 g/mol. The first-order chi connectivity index (χ1) is 11.2. The highest BCUT2D eigenvalue weighted by Crippen LogP contribution is 2.24. The maximum atomic E-state index is 12.2. The van der Waals surface area contributed by atoms with Crippen molar-refractivity contribution in [2.45, 2.75) is 18.9 Å². The summed E-state index contributed by atoms with van der Waals surface area (Å²) < 4.78 is 5.12. The molecule has 0 aliphatic carbocycles. The first-order valence-corrected chi connectivity index (χ1v) is 8.30. The number of nitrogens with one attached hydrogen (secondary N) is 1. The normalized spacial score (nSPS) is 17.3. The Morgan fingerprint density at radius 1 is 1.35 bits per heavy atom. The molecule has 2 aromatic rings. The predicted molar refractivity (Wildman–Crippen MR) is 89.9 cm³/mol. The van der Waals surface area contributed by atoms with Gasteiger partial charge < -0.3 is 15.0 Å². The molecule has 1 fully saturated rings. The van der Waals surface area contributed by atoms with Gasteiger partial charge in [0.25, 0.3) is 0 Å². The molecular weight excluding hydrogens is 312 g/mol. The summed E-state index contributed by atoms with van der Waals surface area (Å²) in [5.41, 5.74) is 0.825. The summed E-state index contributed by atoms with van der Waals surface area (Å²) in [6.45, 7) is 0.501. The molecule has 1 saturated heterocycles. The van der Waals surface area contributed by atoms with E-state index in [1.54, 1.807) is 23.3 Å². The second kappa shape index (κ2) is 6.83. The lowest BCUT2D eigenvalue weighted by Crippen LogP contribution is -2.37. The van der Waals surface area contributed by atoms with Crippen molar-refractivity contribution in [3.8, 4) is 5.75 Å². The molecule has 23 heavy (non-hydrogen) atoms. The van der Waals surface area contributed by atoms with Gasteiger partial charge in [-0.25, -0.2) is 0 Å². The summed E-state index contributed by atoms with van der Waals surface area (Å²) in [4.78, 5) is 27.0. The van der Waals surface area contributed by atoms with E-state index >= 15 is 0 Å². The van der Waals surface area contributed by atoms with Gasteiger partial charge in [-0.1, -0.05) is 6.07 Å². The molecule has 2 amide bonds. The van der Waals surface area contributed by atoms with Gasteiger partial charge in [0, 0.05) is 23.5 Å². The van der Waals surface area contributed by atoms with Gasteiger partial charge in [-0.05, 0) is 35.7 Å². The minimum absolute atomic E-state index is 0.0246. The van der Waals surface area contributed by atoms with Gasteiger partial charge in [0.05, 0.1) is 19.6 Å². The van der Waals surface area contributed by atoms with Gasteiger partial charge in [-0.2, -0.15) is 0 Å². The number of nitrogens with zero attached hydrogens (tertiary/aromatic N) is 1. The Morgan fingerprint density at radius 3 is 2.78 bits per heavy atom. The van der Waals surface area contributed by atoms with Crippen LogP contribution in [0.25, 0.3) is 0 Å². The zero-order valence-corrected chi connectivity index (χ0v) is 13.6. The number of methoxy groups -OCH3 is 1. The molecule has 6 heteroatoms. The Labute approximate surface area is 138 Å². The largest absolute Gasteiger partial charge is 0.497 e. The summed E-state index contributed by atoms with van der Waals surface area (Å²) in [7, 11) is 1.61. The fourth-order valence-corrected chi connectivity index (χ4v) is 3.37. The van der Waals surface area contributed by atoms with Crippen molar-refractivity contribution in [2.75, 3.05) is 18.6 Å². The third-order valence-corrected chi connectivity index (χ3v) is 4.67. The molecule has 0 saturated carbocycles. The van der Waals surface area contributed by atoms with Gasteiger partial charge in [0.1, 0.15) is 5.75 Å². The monoisotopic (exact) mass is 330 g/mol. The van der Waals surface area contributed by atoms with Gasteiger partial charge in [-0.15, -0.1) is 11.3 Å². The number of benzene rings is 1. The summed E-state index contributed by atoms with van der Waals surface area (Å²) in [6.07, 6.45) is 0.701. The van der Waals surface area contributed by atoms with Crippen LogP contribution in [0.2, 0.25) is 0 Å². The highest BCUT2D eigenvalue weighted by Gasteiger charge is 2.31. The average Bonchev–Trinajstić information content (AvgIpc) is 3.17. The van der Waals surface area contributed by atoms with Crippen molar-refractivity contribution in [3.63, 3.8) is 0 Å². The number of hydrogen-bond acceptors (Lipinski definition) is 4. The Kier molecular flexibility index (Phi) is 4.62. The second-order valence-corrected chi connectivity index (χ2v) is 6.46. The molecule has 1 atom stereocenters. The predicted octanol–water partition coefficient (Wildman–Crippen LogP) is 2.22. The van der Waals surface area contributed by atoms with E-state index in [1.165, 1.54) is 0 Å². The molecule has 0 bridgehead atoms. The Hall–Kier alpha value is -2.34. The van der Waals surface area contributed by atoms with Crippen LogP contribution in [0.3, 0.4) is 0 Å². The van der Waals surface area contributed by atoms with E-state index in [2.05, 4.69) is 5.32 Å². The lowest BCUT2D eigenvalue weighted by Gasteiger charge is -2.17. The topological polar surface area (TPSA) is 58.6 Å². The first-order valence-electron chi connectivity index (χ1n) is 7.42. The van der Waals surface area contributed by atoms with Crippen LogP contribution in [0.4, 0.5) is 5.69 Å². The molecule has 1 aliphatic heterocycles. The molecule has 0 radical (unpaired) electrons. The maximum absolute atomic E-state index is 12.2. The molecule has 1 N–H and O–H groups in total. The lowest BCUT2D eigenvalue weighted by molar-refractivity contribution is -0.121. The van der Waals surface area contributed by atoms with Crippen LogP contribution in [0.1, 0.15) is 11.3 Å². The second-order valence-electron chi connectivity index (χ2n) is 5.43. The number of carbonyl (C=O) groups is 2. The van der Waals surface area contributed by atoms with Gasteiger partial charge in [0.15, 0.2) is 0 Å². The molecule has 5 nitrogen and oxygen atoms in total. The number of carbonyl (C=O) groups excluding carboxylic acids is 2. The van der Waals surface area contributed by atoms with Crippen LogP contribution in [0, 0.1) is 0 Å². The zero-order chi connectivity index (χ0) is 16.2. The van der Waals surface area contributed by atoms with Crippen molar-refractivity contribution in [1.82, 2.24) is 5.32 Å². The molecule has 120 valence electrons. The van der Waals surface area contributed by atoms with Crippen LogP contribution >= 0.6 is 11.3 Å². The first kappa shape index (κ1) is 15.6. The third kappa shape index (κ3) is 3.71. The maximum Gasteiger partial charge on any atom is 0.229 e. The highest BCUT2D eigenvalue weighted by atomic mass is 32.1. The molecule has 2 heterocycles. The Bertz CT molecular complexity index is 682. The van der Waals surface area contributed by atoms with Gasteiger partial charge >= 0.3 is 0 Å². The standard InChI is InChI=1S/C17H18N2O3S/c1-22-14-6-4-13(5-7-14)19-11-12(9-17(19)21)18-16(20)10-15-3-2-8-23-15/h2-8,12H,9-11H2,1H3,(H,18,20)/t12-/m1/s1. The van der Waals surface area contributed by atoms with Crippen LogP contribution in [0.5, 0.6) is 5.75 Å². The molecule has 0 unspecified atom stereocenters. The number of amides is 2. The fraction of sp³-hybridized carbons (Fsp3) is 0.294. The molecule has 1 aromatic carbocycles. The van der Waals surface area contributed by atoms with E-state index in [4.69, 9.17) is 4.74 Å². The summed E-state index contributed by atoms with van der Waals surface area (Å²) in [6, 6.07) is 11.1. The van der Waals surface area contributed by atoms with E-state index in [0.29, 0.717) is 19.4 Å². The van der Waals surface area contributed by atoms with Gasteiger partial charge in [-0.3, -0.25) is 9.59 Å². The number of rotatable bonds is 5. The van der Waals surface area contributed by atoms with E-state index < -0.39 is 0 Å². The van der Waals surface area contributed by atoms with Crippen LogP contribution < -0.4 is 15.0 Å². The van der Waals surface area contributed by atoms with E-state index in [0.717, 1.165) is 16.3 Å². The summed E-state index contributed by atoms with van der Waals surface area (Å²) in [5.74, 6) is 0.736. The van der Waals surface area contributed by atoms with Crippen molar-refractivity contribution < 1.29 is 14.3 Å². The quantitative estimate of drug-likeness (QED) is 0.914. The van der Waals surface area contributed by atoms with Gasteiger partial charge in [0.2, 0.25) is 11.8 Å². The summed E-state index contributed by atoms with van der Waals surface area (Å²) >= 11 is 1.56. The van der Waals surface area contributed by atoms with E-state index in [-0.39, 0.29) is 17.9 Å². The van der Waals surface area contributed by atoms with E-state index in [1.807, 2.05) is 41.8 Å². The van der Waals surface area contributed by atoms with Crippen molar-refractivity contribution in [2.24, 2.45) is 0 Å². The SMILES string of the molecule is COc1ccc(N2C[C@H](NC(=O)Cc3cccs3)CC2=O)cc1. The minimum Gasteiger partial charge on any atom is -0.497 e. The zero-order valence-electron chi connectivity index (χ0n) is 12.8. The van der Waals surface area contributed by atoms with Crippen LogP contribution in [-0.4, -0.2) is 31.5 Å². The number of hydrogen-bond donors (Lipinski definition) is 1. The lowest BCUT2D eigenvalue weighted by atomic mass is 10.2. The van der Waals surface area contributed by atoms with Crippen molar-refractivity contribution in [3.05, 3.63) is 46.7 Å². The smallest absolute Gasteiger partial charge is 0.229 e. The number of ether oxygens (including phenoxy) is 1. The Morgan fingerprint density at radius 2 is 2.13 bits per heavy atom. The highest BCUT2D eigenvalue weighted by molar-refractivity contribution is 7.10. The summed E-state index contributed by atoms with van der Waals surface area (Å²) in [5, 5.41) is 4.90. The minimum atomic E-state index is -0.142. The third-order valence-electron chi connectivity index (χ3n) is 3.79. The molecule has 3 rings (SSSR count). The van der Waals surface area contributed by atoms with Crippen LogP contribution in [0.15, 0.2) is 41.8 Å². The van der Waals surface area contributed by atoms with E-state index in [9.17, 15) is 9.59 Å². The van der Waals surface area contributed by atoms with Crippen molar-refractivity contribution >= 4 is 28.8 Å². The van der Waals surface area contributed by atoms with Crippen molar-refractivity contribution in [1.29, 1.82) is 0 Å². The Balaban J connectivity index is 1.59. The van der Waals surface area contributed by atoms with Crippen LogP contribution in [-0.2, 0) is 16.0 Å². The fourth-order valence-electron chi connectivity index (χ4n) is 2.67. The molecule has 1 aliphatic rings. The molecule has 1 aromatic heterocycles. The molecular formula is C17H18N2O3S. The number of anilines is 1. The number of thiophene rings is 1.